The highest BCUT2D eigenvalue weighted by atomic mass is 16.5. The van der Waals surface area contributed by atoms with Gasteiger partial charge in [-0.1, -0.05) is 0 Å². The second kappa shape index (κ2) is 6.76. The van der Waals surface area contributed by atoms with Crippen LogP contribution >= 0.6 is 0 Å². The summed E-state index contributed by atoms with van der Waals surface area (Å²) in [6, 6.07) is 8.34. The zero-order chi connectivity index (χ0) is 18.1. The van der Waals surface area contributed by atoms with Gasteiger partial charge in [-0.05, 0) is 24.3 Å². The lowest BCUT2D eigenvalue weighted by Crippen LogP contribution is -2.36. The Labute approximate surface area is 156 Å². The third-order valence-corrected chi connectivity index (χ3v) is 4.72. The molecule has 2 aromatic heterocycles. The number of nitrogens with one attached hydrogen (secondary N) is 2. The Balaban J connectivity index is 1.28. The summed E-state index contributed by atoms with van der Waals surface area (Å²) in [5, 5.41) is 14.6. The van der Waals surface area contributed by atoms with Crippen molar-refractivity contribution in [3.05, 3.63) is 48.7 Å². The molecule has 0 bridgehead atoms. The monoisotopic (exact) mass is 364 g/mol. The van der Waals surface area contributed by atoms with E-state index in [0.29, 0.717) is 12.5 Å². The minimum Gasteiger partial charge on any atom is -0.378 e. The van der Waals surface area contributed by atoms with Gasteiger partial charge >= 0.3 is 0 Å². The number of nitrogens with zero attached hydrogens (tertiary/aromatic N) is 6. The molecule has 0 amide bonds. The summed E-state index contributed by atoms with van der Waals surface area (Å²) in [7, 11) is 0. The maximum Gasteiger partial charge on any atom is 0.247 e. The average molecular weight is 364 g/mol. The van der Waals surface area contributed by atoms with Crippen molar-refractivity contribution < 1.29 is 4.74 Å². The quantitative estimate of drug-likeness (QED) is 0.732. The Morgan fingerprint density at radius 1 is 1.04 bits per heavy atom. The van der Waals surface area contributed by atoms with E-state index in [1.165, 1.54) is 5.69 Å². The van der Waals surface area contributed by atoms with E-state index in [-0.39, 0.29) is 0 Å². The highest BCUT2D eigenvalue weighted by Crippen LogP contribution is 2.23. The molecule has 2 aliphatic heterocycles. The van der Waals surface area contributed by atoms with Crippen LogP contribution in [0.5, 0.6) is 0 Å². The molecule has 0 spiro atoms. The molecule has 2 aliphatic rings. The SMILES string of the molecule is C1=Cn2nc(Nc3ccc(N4CCOCC4)cc3)nc2CN1c1cn[nH]c1. The summed E-state index contributed by atoms with van der Waals surface area (Å²) in [5.74, 6) is 1.45. The first kappa shape index (κ1) is 15.9. The van der Waals surface area contributed by atoms with Crippen LogP contribution in [0.1, 0.15) is 5.82 Å². The van der Waals surface area contributed by atoms with Crippen molar-refractivity contribution in [3.63, 3.8) is 0 Å². The van der Waals surface area contributed by atoms with E-state index in [1.807, 2.05) is 18.6 Å². The molecular formula is C18H20N8O. The lowest BCUT2D eigenvalue weighted by molar-refractivity contribution is 0.122. The third-order valence-electron chi connectivity index (χ3n) is 4.72. The van der Waals surface area contributed by atoms with E-state index >= 15 is 0 Å². The van der Waals surface area contributed by atoms with Crippen molar-refractivity contribution in [3.8, 4) is 0 Å². The molecule has 0 radical (unpaired) electrons. The van der Waals surface area contributed by atoms with Crippen molar-refractivity contribution in [1.82, 2.24) is 25.0 Å². The molecule has 9 heteroatoms. The summed E-state index contributed by atoms with van der Waals surface area (Å²) in [6.07, 6.45) is 7.50. The Kier molecular flexibility index (Phi) is 3.98. The number of aromatic nitrogens is 5. The summed E-state index contributed by atoms with van der Waals surface area (Å²) in [5.41, 5.74) is 3.17. The number of hydrogen-bond donors (Lipinski definition) is 2. The van der Waals surface area contributed by atoms with Crippen molar-refractivity contribution in [2.24, 2.45) is 0 Å². The van der Waals surface area contributed by atoms with Crippen LogP contribution in [0.25, 0.3) is 6.20 Å². The number of H-pyrrole nitrogens is 1. The number of rotatable bonds is 4. The van der Waals surface area contributed by atoms with Gasteiger partial charge in [-0.25, -0.2) is 4.68 Å². The standard InChI is InChI=1S/C18H20N8O/c1-3-15(24-7-9-27-10-8-24)4-2-14(1)21-18-22-17-13-25(5-6-26(17)23-18)16-11-19-20-12-16/h1-6,11-12H,7-10,13H2,(H,19,20)(H,21,23). The molecular weight excluding hydrogens is 344 g/mol. The molecule has 138 valence electrons. The zero-order valence-electron chi connectivity index (χ0n) is 14.7. The summed E-state index contributed by atoms with van der Waals surface area (Å²) in [6.45, 7) is 4.07. The molecule has 5 rings (SSSR count). The van der Waals surface area contributed by atoms with Gasteiger partial charge in [0, 0.05) is 43.1 Å². The Hall–Kier alpha value is -3.33. The number of ether oxygens (including phenoxy) is 1. The Morgan fingerprint density at radius 2 is 1.89 bits per heavy atom. The summed E-state index contributed by atoms with van der Waals surface area (Å²) >= 11 is 0. The minimum absolute atomic E-state index is 0.586. The summed E-state index contributed by atoms with van der Waals surface area (Å²) < 4.78 is 7.20. The van der Waals surface area contributed by atoms with Gasteiger partial charge in [-0.15, -0.1) is 5.10 Å². The van der Waals surface area contributed by atoms with Gasteiger partial charge < -0.3 is 19.9 Å². The van der Waals surface area contributed by atoms with Crippen molar-refractivity contribution in [1.29, 1.82) is 0 Å². The molecule has 0 unspecified atom stereocenters. The predicted molar refractivity (Wildman–Crippen MR) is 103 cm³/mol. The van der Waals surface area contributed by atoms with E-state index in [4.69, 9.17) is 4.74 Å². The molecule has 4 heterocycles. The van der Waals surface area contributed by atoms with Gasteiger partial charge in [-0.3, -0.25) is 5.10 Å². The van der Waals surface area contributed by atoms with Crippen LogP contribution in [0, 0.1) is 0 Å². The number of fused-ring (bicyclic) bond motifs is 1. The second-order valence-corrected chi connectivity index (χ2v) is 6.45. The molecule has 0 aliphatic carbocycles. The maximum atomic E-state index is 5.41. The fourth-order valence-corrected chi connectivity index (χ4v) is 3.27. The molecule has 0 saturated carbocycles. The number of benzene rings is 1. The Bertz CT molecular complexity index is 925. The predicted octanol–water partition coefficient (Wildman–Crippen LogP) is 2.03. The van der Waals surface area contributed by atoms with Crippen LogP contribution in [0.15, 0.2) is 42.9 Å². The molecule has 27 heavy (non-hydrogen) atoms. The number of anilines is 4. The highest BCUT2D eigenvalue weighted by molar-refractivity contribution is 5.60. The Morgan fingerprint density at radius 3 is 2.67 bits per heavy atom. The van der Waals surface area contributed by atoms with Gasteiger partial charge in [0.2, 0.25) is 5.95 Å². The fraction of sp³-hybridized carbons (Fsp3) is 0.278. The van der Waals surface area contributed by atoms with E-state index < -0.39 is 0 Å². The highest BCUT2D eigenvalue weighted by Gasteiger charge is 2.17. The number of aromatic amines is 1. The van der Waals surface area contributed by atoms with E-state index in [1.54, 1.807) is 10.9 Å². The normalized spacial score (nSPS) is 16.4. The minimum atomic E-state index is 0.586. The number of morpholine rings is 1. The van der Waals surface area contributed by atoms with Gasteiger partial charge in [0.05, 0.1) is 31.6 Å². The van der Waals surface area contributed by atoms with Crippen LogP contribution in [-0.4, -0.2) is 51.3 Å². The van der Waals surface area contributed by atoms with E-state index in [0.717, 1.165) is 43.5 Å². The van der Waals surface area contributed by atoms with Crippen LogP contribution in [0.2, 0.25) is 0 Å². The molecule has 1 aromatic carbocycles. The third kappa shape index (κ3) is 3.24. The lowest BCUT2D eigenvalue weighted by Gasteiger charge is -2.28. The largest absolute Gasteiger partial charge is 0.378 e. The average Bonchev–Trinajstić information content (AvgIpc) is 3.38. The van der Waals surface area contributed by atoms with Gasteiger partial charge in [0.1, 0.15) is 0 Å². The van der Waals surface area contributed by atoms with Gasteiger partial charge in [-0.2, -0.15) is 10.1 Å². The lowest BCUT2D eigenvalue weighted by atomic mass is 10.2. The molecule has 3 aromatic rings. The van der Waals surface area contributed by atoms with Crippen LogP contribution in [0.4, 0.5) is 23.0 Å². The van der Waals surface area contributed by atoms with Crippen molar-refractivity contribution >= 4 is 29.2 Å². The molecule has 2 N–H and O–H groups in total. The first-order chi connectivity index (χ1) is 13.3. The van der Waals surface area contributed by atoms with Crippen LogP contribution in [-0.2, 0) is 11.3 Å². The first-order valence-electron chi connectivity index (χ1n) is 8.94. The molecule has 0 atom stereocenters. The number of hydrogen-bond acceptors (Lipinski definition) is 7. The summed E-state index contributed by atoms with van der Waals surface area (Å²) in [4.78, 5) is 9.00. The first-order valence-corrected chi connectivity index (χ1v) is 8.94. The van der Waals surface area contributed by atoms with Gasteiger partial charge in [0.15, 0.2) is 5.82 Å². The fourth-order valence-electron chi connectivity index (χ4n) is 3.27. The zero-order valence-corrected chi connectivity index (χ0v) is 14.7. The van der Waals surface area contributed by atoms with Gasteiger partial charge in [0.25, 0.3) is 0 Å². The topological polar surface area (TPSA) is 87.1 Å². The molecule has 9 nitrogen and oxygen atoms in total. The smallest absolute Gasteiger partial charge is 0.247 e. The second-order valence-electron chi connectivity index (χ2n) is 6.45. The van der Waals surface area contributed by atoms with Crippen molar-refractivity contribution in [2.45, 2.75) is 6.54 Å². The molecule has 1 fully saturated rings. The van der Waals surface area contributed by atoms with Crippen LogP contribution in [0.3, 0.4) is 0 Å². The van der Waals surface area contributed by atoms with Crippen molar-refractivity contribution in [2.75, 3.05) is 41.4 Å². The van der Waals surface area contributed by atoms with E-state index in [2.05, 4.69) is 59.7 Å². The van der Waals surface area contributed by atoms with Crippen LogP contribution < -0.4 is 15.1 Å². The maximum absolute atomic E-state index is 5.41. The van der Waals surface area contributed by atoms with E-state index in [9.17, 15) is 0 Å². The molecule has 1 saturated heterocycles.